The third kappa shape index (κ3) is 7.50. The summed E-state index contributed by atoms with van der Waals surface area (Å²) < 4.78 is 26.0. The smallest absolute Gasteiger partial charge is 0.244 e. The fourth-order valence-corrected chi connectivity index (χ4v) is 4.82. The first-order valence-corrected chi connectivity index (χ1v) is 13.2. The van der Waals surface area contributed by atoms with Gasteiger partial charge in [0.25, 0.3) is 0 Å². The van der Waals surface area contributed by atoms with E-state index in [4.69, 9.17) is 34.8 Å². The van der Waals surface area contributed by atoms with Gasteiger partial charge in [0.1, 0.15) is 12.6 Å². The maximum absolute atomic E-state index is 13.5. The molecule has 0 aromatic heterocycles. The van der Waals surface area contributed by atoms with Crippen LogP contribution in [0.3, 0.4) is 0 Å². The molecule has 0 radical (unpaired) electrons. The van der Waals surface area contributed by atoms with E-state index in [1.807, 2.05) is 0 Å². The van der Waals surface area contributed by atoms with Crippen LogP contribution >= 0.6 is 34.8 Å². The Morgan fingerprint density at radius 2 is 1.61 bits per heavy atom. The van der Waals surface area contributed by atoms with Crippen molar-refractivity contribution in [1.29, 1.82) is 0 Å². The van der Waals surface area contributed by atoms with E-state index in [9.17, 15) is 18.0 Å². The minimum Gasteiger partial charge on any atom is -0.355 e. The number of rotatable bonds is 10. The zero-order chi connectivity index (χ0) is 24.8. The van der Waals surface area contributed by atoms with Crippen LogP contribution in [-0.4, -0.2) is 50.5 Å². The number of carbonyl (C=O) groups is 2. The van der Waals surface area contributed by atoms with Crippen LogP contribution in [-0.2, 0) is 26.2 Å². The molecule has 1 atom stereocenters. The van der Waals surface area contributed by atoms with E-state index in [1.54, 1.807) is 38.1 Å². The summed E-state index contributed by atoms with van der Waals surface area (Å²) in [5.74, 6) is -0.878. The molecular weight excluding hydrogens is 509 g/mol. The highest BCUT2D eigenvalue weighted by molar-refractivity contribution is 7.92. The molecule has 2 aromatic carbocycles. The topological polar surface area (TPSA) is 86.8 Å². The number of halogens is 3. The predicted molar refractivity (Wildman–Crippen MR) is 133 cm³/mol. The highest BCUT2D eigenvalue weighted by Gasteiger charge is 2.32. The standard InChI is InChI=1S/C22H26Cl3N3O4S/c1-4-19(22(30)26-5-2)27(13-15-6-8-16(23)9-7-15)21(29)14-28(33(3,31)32)20-11-10-17(24)12-18(20)25/h6-12,19H,4-5,13-14H2,1-3H3,(H,26,30)/t19-/m0/s1. The first-order valence-electron chi connectivity index (χ1n) is 10.2. The molecule has 0 heterocycles. The monoisotopic (exact) mass is 533 g/mol. The molecule has 2 aromatic rings. The van der Waals surface area contributed by atoms with Gasteiger partial charge in [-0.2, -0.15) is 0 Å². The van der Waals surface area contributed by atoms with Crippen molar-refractivity contribution in [2.75, 3.05) is 23.7 Å². The number of hydrogen-bond donors (Lipinski definition) is 1. The normalized spacial score (nSPS) is 12.2. The molecule has 0 aliphatic carbocycles. The zero-order valence-corrected chi connectivity index (χ0v) is 21.6. The van der Waals surface area contributed by atoms with Gasteiger partial charge in [-0.05, 0) is 49.2 Å². The Hall–Kier alpha value is -2.00. The van der Waals surface area contributed by atoms with Crippen molar-refractivity contribution in [3.05, 3.63) is 63.1 Å². The van der Waals surface area contributed by atoms with Crippen molar-refractivity contribution in [1.82, 2.24) is 10.2 Å². The van der Waals surface area contributed by atoms with Crippen LogP contribution in [0.25, 0.3) is 0 Å². The summed E-state index contributed by atoms with van der Waals surface area (Å²) in [7, 11) is -3.88. The van der Waals surface area contributed by atoms with Gasteiger partial charge in [0, 0.05) is 23.1 Å². The van der Waals surface area contributed by atoms with E-state index < -0.39 is 28.5 Å². The Bertz CT molecular complexity index is 1090. The lowest BCUT2D eigenvalue weighted by Gasteiger charge is -2.33. The molecule has 1 N–H and O–H groups in total. The van der Waals surface area contributed by atoms with E-state index in [0.29, 0.717) is 23.0 Å². The lowest BCUT2D eigenvalue weighted by Crippen LogP contribution is -2.52. The molecule has 33 heavy (non-hydrogen) atoms. The van der Waals surface area contributed by atoms with Gasteiger partial charge < -0.3 is 10.2 Å². The van der Waals surface area contributed by atoms with Gasteiger partial charge in [-0.25, -0.2) is 8.42 Å². The van der Waals surface area contributed by atoms with Gasteiger partial charge in [-0.3, -0.25) is 13.9 Å². The van der Waals surface area contributed by atoms with E-state index in [0.717, 1.165) is 16.1 Å². The molecule has 0 unspecified atom stereocenters. The van der Waals surface area contributed by atoms with Gasteiger partial charge in [-0.1, -0.05) is 53.9 Å². The van der Waals surface area contributed by atoms with Gasteiger partial charge in [0.05, 0.1) is 17.0 Å². The van der Waals surface area contributed by atoms with E-state index >= 15 is 0 Å². The maximum atomic E-state index is 13.5. The summed E-state index contributed by atoms with van der Waals surface area (Å²) in [5.41, 5.74) is 0.861. The number of likely N-dealkylation sites (N-methyl/N-ethyl adjacent to an activating group) is 1. The zero-order valence-electron chi connectivity index (χ0n) is 18.5. The summed E-state index contributed by atoms with van der Waals surface area (Å²) in [4.78, 5) is 27.6. The van der Waals surface area contributed by atoms with Crippen molar-refractivity contribution >= 4 is 62.3 Å². The van der Waals surface area contributed by atoms with Gasteiger partial charge >= 0.3 is 0 Å². The number of nitrogens with zero attached hydrogens (tertiary/aromatic N) is 2. The molecule has 0 aliphatic rings. The highest BCUT2D eigenvalue weighted by Crippen LogP contribution is 2.30. The molecule has 0 fully saturated rings. The Balaban J connectivity index is 2.45. The molecule has 0 saturated carbocycles. The summed E-state index contributed by atoms with van der Waals surface area (Å²) >= 11 is 18.1. The Morgan fingerprint density at radius 3 is 2.12 bits per heavy atom. The highest BCUT2D eigenvalue weighted by atomic mass is 35.5. The van der Waals surface area contributed by atoms with Crippen LogP contribution in [0.2, 0.25) is 15.1 Å². The van der Waals surface area contributed by atoms with Crippen LogP contribution in [0.15, 0.2) is 42.5 Å². The van der Waals surface area contributed by atoms with E-state index in [-0.39, 0.29) is 23.2 Å². The molecule has 2 rings (SSSR count). The largest absolute Gasteiger partial charge is 0.355 e. The molecule has 0 spiro atoms. The molecule has 0 aliphatic heterocycles. The van der Waals surface area contributed by atoms with Crippen LogP contribution < -0.4 is 9.62 Å². The predicted octanol–water partition coefficient (Wildman–Crippen LogP) is 4.36. The lowest BCUT2D eigenvalue weighted by molar-refractivity contribution is -0.140. The molecule has 7 nitrogen and oxygen atoms in total. The number of sulfonamides is 1. The van der Waals surface area contributed by atoms with Crippen molar-refractivity contribution in [2.45, 2.75) is 32.9 Å². The van der Waals surface area contributed by atoms with Gasteiger partial charge in [-0.15, -0.1) is 0 Å². The minimum atomic E-state index is -3.88. The molecule has 11 heteroatoms. The second-order valence-electron chi connectivity index (χ2n) is 7.33. The van der Waals surface area contributed by atoms with Crippen molar-refractivity contribution in [3.8, 4) is 0 Å². The summed E-state index contributed by atoms with van der Waals surface area (Å²) in [6, 6.07) is 10.4. The first kappa shape index (κ1) is 27.2. The Kier molecular flexibility index (Phi) is 9.84. The average molecular weight is 535 g/mol. The second-order valence-corrected chi connectivity index (χ2v) is 10.5. The SMILES string of the molecule is CCNC(=O)[C@H](CC)N(Cc1ccc(Cl)cc1)C(=O)CN(c1ccc(Cl)cc1Cl)S(C)(=O)=O. The van der Waals surface area contributed by atoms with E-state index in [1.165, 1.54) is 23.1 Å². The third-order valence-corrected chi connectivity index (χ3v) is 6.78. The summed E-state index contributed by atoms with van der Waals surface area (Å²) in [6.45, 7) is 3.52. The molecular formula is C22H26Cl3N3O4S. The number of hydrogen-bond acceptors (Lipinski definition) is 4. The maximum Gasteiger partial charge on any atom is 0.244 e. The van der Waals surface area contributed by atoms with Crippen LogP contribution in [0, 0.1) is 0 Å². The van der Waals surface area contributed by atoms with Crippen molar-refractivity contribution < 1.29 is 18.0 Å². The molecule has 0 saturated heterocycles. The Morgan fingerprint density at radius 1 is 1.00 bits per heavy atom. The van der Waals surface area contributed by atoms with E-state index in [2.05, 4.69) is 5.32 Å². The van der Waals surface area contributed by atoms with Gasteiger partial charge in [0.15, 0.2) is 0 Å². The lowest BCUT2D eigenvalue weighted by atomic mass is 10.1. The van der Waals surface area contributed by atoms with Crippen LogP contribution in [0.4, 0.5) is 5.69 Å². The van der Waals surface area contributed by atoms with Crippen LogP contribution in [0.1, 0.15) is 25.8 Å². The second kappa shape index (κ2) is 11.9. The third-order valence-electron chi connectivity index (χ3n) is 4.86. The average Bonchev–Trinajstić information content (AvgIpc) is 2.73. The van der Waals surface area contributed by atoms with Gasteiger partial charge in [0.2, 0.25) is 21.8 Å². The first-order chi connectivity index (χ1) is 15.5. The molecule has 180 valence electrons. The van der Waals surface area contributed by atoms with Crippen LogP contribution in [0.5, 0.6) is 0 Å². The van der Waals surface area contributed by atoms with Crippen molar-refractivity contribution in [2.24, 2.45) is 0 Å². The number of amides is 2. The van der Waals surface area contributed by atoms with Crippen molar-refractivity contribution in [3.63, 3.8) is 0 Å². The summed E-state index contributed by atoms with van der Waals surface area (Å²) in [6.07, 6.45) is 1.32. The number of carbonyl (C=O) groups excluding carboxylic acids is 2. The number of anilines is 1. The number of benzene rings is 2. The quantitative estimate of drug-likeness (QED) is 0.491. The minimum absolute atomic E-state index is 0.0840. The fourth-order valence-electron chi connectivity index (χ4n) is 3.28. The molecule has 0 bridgehead atoms. The number of nitrogens with one attached hydrogen (secondary N) is 1. The molecule has 2 amide bonds. The fraction of sp³-hybridized carbons (Fsp3) is 0.364. The Labute approximate surface area is 209 Å². The summed E-state index contributed by atoms with van der Waals surface area (Å²) in [5, 5.41) is 3.68.